The van der Waals surface area contributed by atoms with Crippen molar-refractivity contribution in [3.05, 3.63) is 53.7 Å². The highest BCUT2D eigenvalue weighted by Crippen LogP contribution is 2.29. The van der Waals surface area contributed by atoms with Crippen LogP contribution in [0, 0.1) is 0 Å². The zero-order valence-electron chi connectivity index (χ0n) is 11.4. The van der Waals surface area contributed by atoms with Crippen LogP contribution >= 0.6 is 11.3 Å². The van der Waals surface area contributed by atoms with Gasteiger partial charge in [-0.3, -0.25) is 9.71 Å². The van der Waals surface area contributed by atoms with Crippen molar-refractivity contribution in [2.75, 3.05) is 4.72 Å². The van der Waals surface area contributed by atoms with Crippen molar-refractivity contribution in [2.45, 2.75) is 18.2 Å². The molecule has 3 aromatic rings. The third kappa shape index (κ3) is 2.77. The number of hydrogen-bond acceptors (Lipinski definition) is 4. The van der Waals surface area contributed by atoms with Crippen LogP contribution in [-0.4, -0.2) is 13.4 Å². The molecular formula is C15H14N2O2S2. The summed E-state index contributed by atoms with van der Waals surface area (Å²) < 4.78 is 28.6. The molecule has 21 heavy (non-hydrogen) atoms. The van der Waals surface area contributed by atoms with Gasteiger partial charge < -0.3 is 0 Å². The molecule has 0 aliphatic carbocycles. The summed E-state index contributed by atoms with van der Waals surface area (Å²) in [4.78, 5) is 4.28. The second-order valence-electron chi connectivity index (χ2n) is 4.63. The molecule has 0 unspecified atom stereocenters. The van der Waals surface area contributed by atoms with Crippen molar-refractivity contribution in [1.29, 1.82) is 0 Å². The van der Waals surface area contributed by atoms with Gasteiger partial charge >= 0.3 is 0 Å². The summed E-state index contributed by atoms with van der Waals surface area (Å²) >= 11 is 1.40. The Balaban J connectivity index is 2.00. The number of sulfonamides is 1. The summed E-state index contributed by atoms with van der Waals surface area (Å²) in [6, 6.07) is 9.25. The van der Waals surface area contributed by atoms with Crippen molar-refractivity contribution in [2.24, 2.45) is 0 Å². The summed E-state index contributed by atoms with van der Waals surface area (Å²) in [6.07, 6.45) is 4.11. The summed E-state index contributed by atoms with van der Waals surface area (Å²) in [7, 11) is -3.60. The summed E-state index contributed by atoms with van der Waals surface area (Å²) in [5.41, 5.74) is 1.67. The van der Waals surface area contributed by atoms with Gasteiger partial charge in [-0.1, -0.05) is 19.1 Å². The Hall–Kier alpha value is -1.92. The van der Waals surface area contributed by atoms with Crippen LogP contribution < -0.4 is 4.72 Å². The zero-order chi connectivity index (χ0) is 14.9. The Morgan fingerprint density at radius 1 is 1.29 bits per heavy atom. The fourth-order valence-corrected chi connectivity index (χ4v) is 4.63. The van der Waals surface area contributed by atoms with Gasteiger partial charge in [-0.2, -0.15) is 0 Å². The lowest BCUT2D eigenvalue weighted by atomic mass is 10.1. The maximum Gasteiger partial charge on any atom is 0.263 e. The van der Waals surface area contributed by atoms with Crippen molar-refractivity contribution in [3.63, 3.8) is 0 Å². The number of nitrogens with one attached hydrogen (secondary N) is 1. The Morgan fingerprint density at radius 3 is 2.95 bits per heavy atom. The first kappa shape index (κ1) is 14.0. The van der Waals surface area contributed by atoms with Gasteiger partial charge in [-0.25, -0.2) is 8.42 Å². The van der Waals surface area contributed by atoms with Gasteiger partial charge in [0.2, 0.25) is 0 Å². The number of aromatic nitrogens is 1. The lowest BCUT2D eigenvalue weighted by Crippen LogP contribution is -2.12. The van der Waals surface area contributed by atoms with Crippen LogP contribution in [0.25, 0.3) is 10.1 Å². The Kier molecular flexibility index (Phi) is 3.65. The molecule has 0 atom stereocenters. The average Bonchev–Trinajstić information content (AvgIpc) is 2.92. The molecule has 0 bridgehead atoms. The maximum absolute atomic E-state index is 12.5. The SMILES string of the molecule is CCc1cccc(NS(=O)(=O)c2csc3ccncc23)c1. The molecule has 2 aromatic heterocycles. The van der Waals surface area contributed by atoms with Gasteiger partial charge in [0.1, 0.15) is 4.90 Å². The minimum Gasteiger partial charge on any atom is -0.280 e. The van der Waals surface area contributed by atoms with E-state index in [1.807, 2.05) is 31.2 Å². The highest BCUT2D eigenvalue weighted by atomic mass is 32.2. The number of hydrogen-bond donors (Lipinski definition) is 1. The predicted octanol–water partition coefficient (Wildman–Crippen LogP) is 3.66. The number of anilines is 1. The van der Waals surface area contributed by atoms with E-state index in [-0.39, 0.29) is 4.90 Å². The summed E-state index contributed by atoms with van der Waals surface area (Å²) in [6.45, 7) is 2.03. The highest BCUT2D eigenvalue weighted by molar-refractivity contribution is 7.93. The molecule has 0 aliphatic rings. The highest BCUT2D eigenvalue weighted by Gasteiger charge is 2.19. The van der Waals surface area contributed by atoms with Gasteiger partial charge in [0.15, 0.2) is 0 Å². The molecule has 0 spiro atoms. The molecule has 3 rings (SSSR count). The number of fused-ring (bicyclic) bond motifs is 1. The molecule has 0 amide bonds. The third-order valence-electron chi connectivity index (χ3n) is 3.22. The summed E-state index contributed by atoms with van der Waals surface area (Å²) in [5.74, 6) is 0. The number of aryl methyl sites for hydroxylation is 1. The van der Waals surface area contributed by atoms with Crippen LogP contribution in [0.2, 0.25) is 0 Å². The van der Waals surface area contributed by atoms with E-state index in [1.54, 1.807) is 23.8 Å². The minimum atomic E-state index is -3.60. The van der Waals surface area contributed by atoms with E-state index >= 15 is 0 Å². The van der Waals surface area contributed by atoms with E-state index in [1.165, 1.54) is 11.3 Å². The molecule has 2 heterocycles. The molecule has 0 radical (unpaired) electrons. The fourth-order valence-electron chi connectivity index (χ4n) is 2.12. The molecule has 0 saturated carbocycles. The first-order chi connectivity index (χ1) is 10.1. The van der Waals surface area contributed by atoms with Gasteiger partial charge in [0.05, 0.1) is 0 Å². The lowest BCUT2D eigenvalue weighted by Gasteiger charge is -2.08. The minimum absolute atomic E-state index is 0.275. The Labute approximate surface area is 127 Å². The molecule has 6 heteroatoms. The largest absolute Gasteiger partial charge is 0.280 e. The van der Waals surface area contributed by atoms with E-state index in [4.69, 9.17) is 0 Å². The van der Waals surface area contributed by atoms with Crippen LogP contribution in [0.1, 0.15) is 12.5 Å². The number of thiophene rings is 1. The van der Waals surface area contributed by atoms with Gasteiger partial charge in [0, 0.05) is 33.5 Å². The maximum atomic E-state index is 12.5. The van der Waals surface area contributed by atoms with E-state index in [2.05, 4.69) is 9.71 Å². The van der Waals surface area contributed by atoms with Crippen molar-refractivity contribution in [3.8, 4) is 0 Å². The number of rotatable bonds is 4. The zero-order valence-corrected chi connectivity index (χ0v) is 13.0. The molecule has 4 nitrogen and oxygen atoms in total. The van der Waals surface area contributed by atoms with Crippen molar-refractivity contribution < 1.29 is 8.42 Å². The number of pyridine rings is 1. The fraction of sp³-hybridized carbons (Fsp3) is 0.133. The van der Waals surface area contributed by atoms with Crippen LogP contribution in [-0.2, 0) is 16.4 Å². The quantitative estimate of drug-likeness (QED) is 0.798. The standard InChI is InChI=1S/C15H14N2O2S2/c1-2-11-4-3-5-12(8-11)17-21(18,19)15-10-20-14-6-7-16-9-13(14)15/h3-10,17H,2H2,1H3. The summed E-state index contributed by atoms with van der Waals surface area (Å²) in [5, 5.41) is 2.31. The smallest absolute Gasteiger partial charge is 0.263 e. The van der Waals surface area contributed by atoms with Gasteiger partial charge in [-0.15, -0.1) is 11.3 Å². The third-order valence-corrected chi connectivity index (χ3v) is 5.75. The van der Waals surface area contributed by atoms with E-state index in [9.17, 15) is 8.42 Å². The van der Waals surface area contributed by atoms with E-state index in [0.29, 0.717) is 11.1 Å². The molecule has 108 valence electrons. The lowest BCUT2D eigenvalue weighted by molar-refractivity contribution is 0.602. The Bertz CT molecular complexity index is 885. The normalized spacial score (nSPS) is 11.7. The molecule has 0 aliphatic heterocycles. The number of benzene rings is 1. The van der Waals surface area contributed by atoms with Crippen LogP contribution in [0.5, 0.6) is 0 Å². The Morgan fingerprint density at radius 2 is 2.14 bits per heavy atom. The van der Waals surface area contributed by atoms with E-state index < -0.39 is 10.0 Å². The number of nitrogens with zero attached hydrogens (tertiary/aromatic N) is 1. The first-order valence-electron chi connectivity index (χ1n) is 6.53. The molecule has 0 saturated heterocycles. The molecule has 1 N–H and O–H groups in total. The van der Waals surface area contributed by atoms with Gasteiger partial charge in [-0.05, 0) is 30.2 Å². The van der Waals surface area contributed by atoms with Crippen LogP contribution in [0.4, 0.5) is 5.69 Å². The van der Waals surface area contributed by atoms with Gasteiger partial charge in [0.25, 0.3) is 10.0 Å². The second kappa shape index (κ2) is 5.46. The first-order valence-corrected chi connectivity index (χ1v) is 8.89. The monoisotopic (exact) mass is 318 g/mol. The average molecular weight is 318 g/mol. The predicted molar refractivity (Wildman–Crippen MR) is 86.2 cm³/mol. The van der Waals surface area contributed by atoms with Crippen LogP contribution in [0.15, 0.2) is 53.0 Å². The second-order valence-corrected chi connectivity index (χ2v) is 7.19. The topological polar surface area (TPSA) is 59.1 Å². The van der Waals surface area contributed by atoms with Crippen molar-refractivity contribution in [1.82, 2.24) is 4.98 Å². The molecule has 0 fully saturated rings. The molecule has 1 aromatic carbocycles. The van der Waals surface area contributed by atoms with Crippen LogP contribution in [0.3, 0.4) is 0 Å². The van der Waals surface area contributed by atoms with Crippen molar-refractivity contribution >= 4 is 37.1 Å². The molecular weight excluding hydrogens is 304 g/mol. The van der Waals surface area contributed by atoms with E-state index in [0.717, 1.165) is 16.7 Å².